The summed E-state index contributed by atoms with van der Waals surface area (Å²) in [7, 11) is 0. The number of fused-ring (bicyclic) bond motifs is 1. The molecule has 66 valence electrons. The van der Waals surface area contributed by atoms with Crippen molar-refractivity contribution in [3.63, 3.8) is 0 Å². The summed E-state index contributed by atoms with van der Waals surface area (Å²) in [6, 6.07) is 0. The van der Waals surface area contributed by atoms with Crippen molar-refractivity contribution in [1.29, 1.82) is 0 Å². The molecule has 1 aromatic rings. The molecule has 0 saturated heterocycles. The average molecular weight is 182 g/mol. The van der Waals surface area contributed by atoms with Gasteiger partial charge in [0, 0.05) is 30.6 Å². The predicted octanol–water partition coefficient (Wildman–Crippen LogP) is 2.08. The fraction of sp³-hybridized carbons (Fsp3) is 0.667. The van der Waals surface area contributed by atoms with Crippen LogP contribution in [0.3, 0.4) is 0 Å². The van der Waals surface area contributed by atoms with Gasteiger partial charge >= 0.3 is 0 Å². The van der Waals surface area contributed by atoms with E-state index in [0.29, 0.717) is 0 Å². The summed E-state index contributed by atoms with van der Waals surface area (Å²) in [6.07, 6.45) is 4.39. The van der Waals surface area contributed by atoms with Crippen molar-refractivity contribution in [2.24, 2.45) is 0 Å². The minimum atomic E-state index is 1.06. The minimum Gasteiger partial charge on any atom is -0.331 e. The molecule has 0 N–H and O–H groups in total. The third-order valence-corrected chi connectivity index (χ3v) is 3.33. The van der Waals surface area contributed by atoms with Gasteiger partial charge < -0.3 is 4.57 Å². The van der Waals surface area contributed by atoms with Crippen molar-refractivity contribution in [2.75, 3.05) is 5.75 Å². The van der Waals surface area contributed by atoms with Crippen LogP contribution in [0.5, 0.6) is 0 Å². The zero-order chi connectivity index (χ0) is 8.39. The van der Waals surface area contributed by atoms with Crippen LogP contribution in [0.25, 0.3) is 0 Å². The van der Waals surface area contributed by atoms with Crippen LogP contribution in [0.2, 0.25) is 0 Å². The van der Waals surface area contributed by atoms with Gasteiger partial charge in [-0.1, -0.05) is 6.92 Å². The largest absolute Gasteiger partial charge is 0.331 e. The van der Waals surface area contributed by atoms with Crippen LogP contribution >= 0.6 is 11.8 Å². The molecule has 1 aromatic heterocycles. The number of imidazole rings is 1. The van der Waals surface area contributed by atoms with Gasteiger partial charge in [0.1, 0.15) is 5.82 Å². The molecule has 0 aliphatic carbocycles. The SMILES string of the molecule is CCc1ncc2n1CCCSC2. The summed E-state index contributed by atoms with van der Waals surface area (Å²) in [4.78, 5) is 4.41. The van der Waals surface area contributed by atoms with Gasteiger partial charge in [0.25, 0.3) is 0 Å². The quantitative estimate of drug-likeness (QED) is 0.662. The molecule has 3 heteroatoms. The molecule has 1 aliphatic rings. The summed E-state index contributed by atoms with van der Waals surface area (Å²) in [6.45, 7) is 3.35. The Morgan fingerprint density at radius 3 is 3.42 bits per heavy atom. The number of nitrogens with zero attached hydrogens (tertiary/aromatic N) is 2. The zero-order valence-electron chi connectivity index (χ0n) is 7.42. The van der Waals surface area contributed by atoms with Crippen LogP contribution in [0, 0.1) is 0 Å². The highest BCUT2D eigenvalue weighted by molar-refractivity contribution is 7.98. The predicted molar refractivity (Wildman–Crippen MR) is 52.4 cm³/mol. The average Bonchev–Trinajstić information content (AvgIpc) is 2.33. The molecule has 0 amide bonds. The first-order valence-corrected chi connectivity index (χ1v) is 5.68. The Balaban J connectivity index is 2.32. The van der Waals surface area contributed by atoms with E-state index in [4.69, 9.17) is 0 Å². The van der Waals surface area contributed by atoms with E-state index in [0.717, 1.165) is 12.2 Å². The summed E-state index contributed by atoms with van der Waals surface area (Å²) < 4.78 is 2.39. The van der Waals surface area contributed by atoms with Crippen LogP contribution in [-0.4, -0.2) is 15.3 Å². The fourth-order valence-electron chi connectivity index (χ4n) is 1.63. The molecule has 0 saturated carbocycles. The summed E-state index contributed by atoms with van der Waals surface area (Å²) >= 11 is 2.02. The second kappa shape index (κ2) is 3.52. The highest BCUT2D eigenvalue weighted by atomic mass is 32.2. The van der Waals surface area contributed by atoms with E-state index in [1.807, 2.05) is 18.0 Å². The number of hydrogen-bond donors (Lipinski definition) is 0. The standard InChI is InChI=1S/C9H14N2S/c1-2-9-10-6-8-7-12-5-3-4-11(8)9/h6H,2-5,7H2,1H3. The molecular weight excluding hydrogens is 168 g/mol. The van der Waals surface area contributed by atoms with Crippen LogP contribution in [0.4, 0.5) is 0 Å². The maximum absolute atomic E-state index is 4.41. The number of aromatic nitrogens is 2. The lowest BCUT2D eigenvalue weighted by Crippen LogP contribution is -2.04. The van der Waals surface area contributed by atoms with Gasteiger partial charge in [0.15, 0.2) is 0 Å². The number of hydrogen-bond acceptors (Lipinski definition) is 2. The Hall–Kier alpha value is -0.440. The Labute approximate surface area is 77.4 Å². The lowest BCUT2D eigenvalue weighted by molar-refractivity contribution is 0.637. The first-order chi connectivity index (χ1) is 5.92. The Morgan fingerprint density at radius 1 is 1.67 bits per heavy atom. The monoisotopic (exact) mass is 182 g/mol. The second-order valence-electron chi connectivity index (χ2n) is 3.08. The molecule has 0 unspecified atom stereocenters. The van der Waals surface area contributed by atoms with Crippen molar-refractivity contribution in [1.82, 2.24) is 9.55 Å². The fourth-order valence-corrected chi connectivity index (χ4v) is 2.54. The van der Waals surface area contributed by atoms with Crippen LogP contribution < -0.4 is 0 Å². The van der Waals surface area contributed by atoms with E-state index in [1.165, 1.54) is 30.2 Å². The van der Waals surface area contributed by atoms with E-state index < -0.39 is 0 Å². The van der Waals surface area contributed by atoms with Crippen LogP contribution in [0.15, 0.2) is 6.20 Å². The molecule has 0 spiro atoms. The zero-order valence-corrected chi connectivity index (χ0v) is 8.23. The summed E-state index contributed by atoms with van der Waals surface area (Å²) in [5, 5.41) is 0. The molecule has 1 aliphatic heterocycles. The summed E-state index contributed by atoms with van der Waals surface area (Å²) in [5.74, 6) is 3.70. The normalized spacial score (nSPS) is 17.1. The summed E-state index contributed by atoms with van der Waals surface area (Å²) in [5.41, 5.74) is 1.41. The Kier molecular flexibility index (Phi) is 2.40. The van der Waals surface area contributed by atoms with Crippen LogP contribution in [-0.2, 0) is 18.7 Å². The molecule has 2 heterocycles. The van der Waals surface area contributed by atoms with Crippen molar-refractivity contribution < 1.29 is 0 Å². The molecule has 2 nitrogen and oxygen atoms in total. The molecule has 0 aromatic carbocycles. The lowest BCUT2D eigenvalue weighted by Gasteiger charge is -2.05. The highest BCUT2D eigenvalue weighted by Crippen LogP contribution is 2.20. The van der Waals surface area contributed by atoms with Gasteiger partial charge in [-0.25, -0.2) is 4.98 Å². The number of aryl methyl sites for hydroxylation is 1. The van der Waals surface area contributed by atoms with E-state index in [-0.39, 0.29) is 0 Å². The van der Waals surface area contributed by atoms with E-state index in [2.05, 4.69) is 16.5 Å². The first-order valence-electron chi connectivity index (χ1n) is 4.53. The van der Waals surface area contributed by atoms with Crippen molar-refractivity contribution >= 4 is 11.8 Å². The molecule has 0 atom stereocenters. The van der Waals surface area contributed by atoms with E-state index in [9.17, 15) is 0 Å². The van der Waals surface area contributed by atoms with Crippen molar-refractivity contribution in [3.8, 4) is 0 Å². The topological polar surface area (TPSA) is 17.8 Å². The molecule has 12 heavy (non-hydrogen) atoms. The number of rotatable bonds is 1. The Morgan fingerprint density at radius 2 is 2.58 bits per heavy atom. The van der Waals surface area contributed by atoms with Crippen LogP contribution in [0.1, 0.15) is 24.9 Å². The molecule has 0 bridgehead atoms. The highest BCUT2D eigenvalue weighted by Gasteiger charge is 2.10. The van der Waals surface area contributed by atoms with E-state index >= 15 is 0 Å². The van der Waals surface area contributed by atoms with Gasteiger partial charge in [0.05, 0.1) is 0 Å². The van der Waals surface area contributed by atoms with Gasteiger partial charge in [-0.3, -0.25) is 0 Å². The maximum atomic E-state index is 4.41. The molecular formula is C9H14N2S. The first kappa shape index (κ1) is 8.17. The van der Waals surface area contributed by atoms with Gasteiger partial charge in [-0.2, -0.15) is 11.8 Å². The second-order valence-corrected chi connectivity index (χ2v) is 4.18. The number of thioether (sulfide) groups is 1. The molecule has 0 radical (unpaired) electrons. The lowest BCUT2D eigenvalue weighted by atomic mass is 10.4. The van der Waals surface area contributed by atoms with Gasteiger partial charge in [-0.05, 0) is 12.2 Å². The third kappa shape index (κ3) is 1.38. The smallest absolute Gasteiger partial charge is 0.108 e. The van der Waals surface area contributed by atoms with Gasteiger partial charge in [0.2, 0.25) is 0 Å². The third-order valence-electron chi connectivity index (χ3n) is 2.26. The minimum absolute atomic E-state index is 1.06. The Bertz CT molecular complexity index is 267. The van der Waals surface area contributed by atoms with Crippen molar-refractivity contribution in [2.45, 2.75) is 32.1 Å². The van der Waals surface area contributed by atoms with E-state index in [1.54, 1.807) is 0 Å². The van der Waals surface area contributed by atoms with Gasteiger partial charge in [-0.15, -0.1) is 0 Å². The van der Waals surface area contributed by atoms with Crippen molar-refractivity contribution in [3.05, 3.63) is 17.7 Å². The molecule has 2 rings (SSSR count). The maximum Gasteiger partial charge on any atom is 0.108 e. The molecule has 0 fully saturated rings.